The largest absolute Gasteiger partial charge is 0.469 e. The Morgan fingerprint density at radius 1 is 1.55 bits per heavy atom. The van der Waals surface area contributed by atoms with E-state index in [-0.39, 0.29) is 11.5 Å². The van der Waals surface area contributed by atoms with Crippen LogP contribution < -0.4 is 5.56 Å². The van der Waals surface area contributed by atoms with Gasteiger partial charge in [-0.05, 0) is 20.0 Å². The molecule has 0 aromatic carbocycles. The van der Waals surface area contributed by atoms with Crippen LogP contribution >= 0.6 is 11.3 Å². The first-order chi connectivity index (χ1) is 9.60. The van der Waals surface area contributed by atoms with Gasteiger partial charge in [0.15, 0.2) is 0 Å². The molecule has 0 aliphatic rings. The van der Waals surface area contributed by atoms with Crippen LogP contribution in [0.3, 0.4) is 0 Å². The first-order valence-corrected chi connectivity index (χ1v) is 7.06. The summed E-state index contributed by atoms with van der Waals surface area (Å²) in [6.07, 6.45) is 1.11. The Labute approximate surface area is 119 Å². The summed E-state index contributed by atoms with van der Waals surface area (Å²) in [6.45, 7) is 1.30. The van der Waals surface area contributed by atoms with Gasteiger partial charge in [-0.2, -0.15) is 9.61 Å². The van der Waals surface area contributed by atoms with E-state index in [4.69, 9.17) is 0 Å². The molecule has 0 radical (unpaired) electrons. The predicted octanol–water partition coefficient (Wildman–Crippen LogP) is 0.536. The molecule has 0 saturated heterocycles. The molecule has 0 fully saturated rings. The van der Waals surface area contributed by atoms with Crippen LogP contribution in [0.1, 0.15) is 18.5 Å². The van der Waals surface area contributed by atoms with Crippen molar-refractivity contribution in [1.82, 2.24) is 19.5 Å². The lowest BCUT2D eigenvalue weighted by Gasteiger charge is -2.15. The maximum atomic E-state index is 11.8. The van der Waals surface area contributed by atoms with E-state index in [1.54, 1.807) is 5.51 Å². The molecule has 0 aliphatic heterocycles. The molecule has 0 aliphatic carbocycles. The van der Waals surface area contributed by atoms with Crippen LogP contribution in [0.25, 0.3) is 4.96 Å². The molecule has 2 aromatic heterocycles. The van der Waals surface area contributed by atoms with E-state index in [2.05, 4.69) is 14.8 Å². The van der Waals surface area contributed by atoms with E-state index < -0.39 is 0 Å². The van der Waals surface area contributed by atoms with Crippen molar-refractivity contribution in [3.63, 3.8) is 0 Å². The number of aromatic nitrogens is 3. The second-order valence-corrected chi connectivity index (χ2v) is 5.25. The number of carbonyl (C=O) groups is 1. The van der Waals surface area contributed by atoms with E-state index in [1.807, 2.05) is 11.9 Å². The molecule has 7 nitrogen and oxygen atoms in total. The lowest BCUT2D eigenvalue weighted by atomic mass is 10.3. The van der Waals surface area contributed by atoms with Crippen molar-refractivity contribution >= 4 is 22.3 Å². The van der Waals surface area contributed by atoms with Gasteiger partial charge in [0.05, 0.1) is 12.8 Å². The van der Waals surface area contributed by atoms with Gasteiger partial charge in [0.25, 0.3) is 5.56 Å². The zero-order chi connectivity index (χ0) is 14.5. The van der Waals surface area contributed by atoms with E-state index in [1.165, 1.54) is 29.0 Å². The minimum absolute atomic E-state index is 0.172. The van der Waals surface area contributed by atoms with Crippen LogP contribution in [-0.4, -0.2) is 46.2 Å². The molecule has 20 heavy (non-hydrogen) atoms. The number of fused-ring (bicyclic) bond motifs is 1. The highest BCUT2D eigenvalue weighted by molar-refractivity contribution is 7.14. The number of hydrogen-bond acceptors (Lipinski definition) is 7. The Morgan fingerprint density at radius 3 is 3.10 bits per heavy atom. The predicted molar refractivity (Wildman–Crippen MR) is 74.7 cm³/mol. The first kappa shape index (κ1) is 14.6. The number of methoxy groups -OCH3 is 1. The molecule has 0 amide bonds. The van der Waals surface area contributed by atoms with Crippen LogP contribution in [0, 0.1) is 0 Å². The van der Waals surface area contributed by atoms with Gasteiger partial charge in [0.1, 0.15) is 5.51 Å². The molecule has 0 bridgehead atoms. The van der Waals surface area contributed by atoms with Crippen molar-refractivity contribution in [3.8, 4) is 0 Å². The molecule has 8 heteroatoms. The Hall–Kier alpha value is -1.80. The molecule has 2 rings (SSSR count). The van der Waals surface area contributed by atoms with Gasteiger partial charge in [-0.25, -0.2) is 4.98 Å². The fourth-order valence-electron chi connectivity index (χ4n) is 1.83. The van der Waals surface area contributed by atoms with Crippen LogP contribution in [-0.2, 0) is 16.1 Å². The summed E-state index contributed by atoms with van der Waals surface area (Å²) in [5.74, 6) is -0.208. The van der Waals surface area contributed by atoms with Gasteiger partial charge in [0, 0.05) is 19.0 Å². The third-order valence-corrected chi connectivity index (χ3v) is 3.50. The summed E-state index contributed by atoms with van der Waals surface area (Å²) >= 11 is 1.33. The molecular formula is C12H16N4O3S. The van der Waals surface area contributed by atoms with E-state index >= 15 is 0 Å². The lowest BCUT2D eigenvalue weighted by molar-refractivity contribution is -0.140. The van der Waals surface area contributed by atoms with Crippen molar-refractivity contribution < 1.29 is 9.53 Å². The van der Waals surface area contributed by atoms with Gasteiger partial charge < -0.3 is 9.64 Å². The highest BCUT2D eigenvalue weighted by Crippen LogP contribution is 2.06. The average Bonchev–Trinajstić information content (AvgIpc) is 2.87. The highest BCUT2D eigenvalue weighted by Gasteiger charge is 2.08. The number of carbonyl (C=O) groups excluding carboxylic acids is 1. The zero-order valence-electron chi connectivity index (χ0n) is 11.4. The Bertz CT molecular complexity index is 651. The first-order valence-electron chi connectivity index (χ1n) is 6.18. The lowest BCUT2D eigenvalue weighted by Crippen LogP contribution is -2.23. The third kappa shape index (κ3) is 3.61. The van der Waals surface area contributed by atoms with Crippen molar-refractivity contribution in [2.24, 2.45) is 0 Å². The van der Waals surface area contributed by atoms with Crippen molar-refractivity contribution in [2.75, 3.05) is 20.7 Å². The standard InChI is InChI=1S/C12H16N4O3S/c1-15(5-3-4-11(18)19-2)7-9-6-10(17)16-12(14-9)20-8-13-16/h6,8H,3-5,7H2,1-2H3. The second-order valence-electron chi connectivity index (χ2n) is 4.44. The molecule has 0 N–H and O–H groups in total. The van der Waals surface area contributed by atoms with E-state index in [0.717, 1.165) is 6.54 Å². The quantitative estimate of drug-likeness (QED) is 0.724. The average molecular weight is 296 g/mol. The fourth-order valence-corrected chi connectivity index (χ4v) is 2.48. The van der Waals surface area contributed by atoms with E-state index in [0.29, 0.717) is 30.0 Å². The summed E-state index contributed by atoms with van der Waals surface area (Å²) in [6, 6.07) is 1.49. The molecular weight excluding hydrogens is 280 g/mol. The number of ether oxygens (including phenoxy) is 1. The molecule has 0 spiro atoms. The number of esters is 1. The van der Waals surface area contributed by atoms with Crippen molar-refractivity contribution in [3.05, 3.63) is 27.6 Å². The highest BCUT2D eigenvalue weighted by atomic mass is 32.1. The Morgan fingerprint density at radius 2 is 2.35 bits per heavy atom. The van der Waals surface area contributed by atoms with Crippen LogP contribution in [0.4, 0.5) is 0 Å². The number of nitrogens with zero attached hydrogens (tertiary/aromatic N) is 4. The SMILES string of the molecule is COC(=O)CCCN(C)Cc1cc(=O)n2ncsc2n1. The van der Waals surface area contributed by atoms with E-state index in [9.17, 15) is 9.59 Å². The summed E-state index contributed by atoms with van der Waals surface area (Å²) in [5, 5.41) is 3.91. The van der Waals surface area contributed by atoms with Crippen LogP contribution in [0.15, 0.2) is 16.4 Å². The van der Waals surface area contributed by atoms with Gasteiger partial charge in [0.2, 0.25) is 4.96 Å². The fraction of sp³-hybridized carbons (Fsp3) is 0.500. The molecule has 2 aromatic rings. The summed E-state index contributed by atoms with van der Waals surface area (Å²) in [4.78, 5) is 29.8. The van der Waals surface area contributed by atoms with Crippen molar-refractivity contribution in [1.29, 1.82) is 0 Å². The normalized spacial score (nSPS) is 11.2. The van der Waals surface area contributed by atoms with Crippen molar-refractivity contribution in [2.45, 2.75) is 19.4 Å². The molecule has 0 unspecified atom stereocenters. The summed E-state index contributed by atoms with van der Waals surface area (Å²) < 4.78 is 5.87. The molecule has 0 atom stereocenters. The monoisotopic (exact) mass is 296 g/mol. The van der Waals surface area contributed by atoms with Crippen LogP contribution in [0.2, 0.25) is 0 Å². The number of hydrogen-bond donors (Lipinski definition) is 0. The zero-order valence-corrected chi connectivity index (χ0v) is 12.2. The maximum absolute atomic E-state index is 11.8. The van der Waals surface area contributed by atoms with Gasteiger partial charge in [-0.3, -0.25) is 9.59 Å². The van der Waals surface area contributed by atoms with Gasteiger partial charge in [-0.1, -0.05) is 11.3 Å². The third-order valence-electron chi connectivity index (χ3n) is 2.82. The van der Waals surface area contributed by atoms with Crippen LogP contribution in [0.5, 0.6) is 0 Å². The minimum atomic E-state index is -0.208. The second kappa shape index (κ2) is 6.58. The smallest absolute Gasteiger partial charge is 0.305 e. The number of rotatable bonds is 6. The molecule has 2 heterocycles. The summed E-state index contributed by atoms with van der Waals surface area (Å²) in [7, 11) is 3.31. The minimum Gasteiger partial charge on any atom is -0.469 e. The van der Waals surface area contributed by atoms with Gasteiger partial charge in [-0.15, -0.1) is 0 Å². The maximum Gasteiger partial charge on any atom is 0.305 e. The Balaban J connectivity index is 1.94. The Kier molecular flexibility index (Phi) is 4.80. The van der Waals surface area contributed by atoms with Gasteiger partial charge >= 0.3 is 5.97 Å². The topological polar surface area (TPSA) is 76.8 Å². The molecule has 108 valence electrons. The molecule has 0 saturated carbocycles. The summed E-state index contributed by atoms with van der Waals surface area (Å²) in [5.41, 5.74) is 2.13.